The average Bonchev–Trinajstić information content (AvgIpc) is 3.35. The summed E-state index contributed by atoms with van der Waals surface area (Å²) in [6.07, 6.45) is 4.79. The number of hydrogen-bond acceptors (Lipinski definition) is 5. The Hall–Kier alpha value is -2.81. The van der Waals surface area contributed by atoms with E-state index in [-0.39, 0.29) is 12.1 Å². The molecule has 35 heavy (non-hydrogen) atoms. The third-order valence-corrected chi connectivity index (χ3v) is 7.45. The van der Waals surface area contributed by atoms with E-state index in [1.54, 1.807) is 0 Å². The minimum absolute atomic E-state index is 0.00787. The molecule has 2 aliphatic rings. The number of aromatic nitrogens is 3. The lowest BCUT2D eigenvalue weighted by atomic mass is 9.96. The molecule has 2 aliphatic heterocycles. The van der Waals surface area contributed by atoms with Gasteiger partial charge in [0.15, 0.2) is 5.11 Å². The first kappa shape index (κ1) is 23.9. The van der Waals surface area contributed by atoms with Crippen molar-refractivity contribution in [1.29, 1.82) is 0 Å². The van der Waals surface area contributed by atoms with E-state index in [4.69, 9.17) is 21.9 Å². The average molecular weight is 491 g/mol. The fourth-order valence-corrected chi connectivity index (χ4v) is 5.69. The summed E-state index contributed by atoms with van der Waals surface area (Å²) < 4.78 is 7.76. The maximum absolute atomic E-state index is 5.89. The van der Waals surface area contributed by atoms with Crippen LogP contribution >= 0.6 is 12.2 Å². The van der Waals surface area contributed by atoms with E-state index >= 15 is 0 Å². The van der Waals surface area contributed by atoms with Crippen molar-refractivity contribution in [3.63, 3.8) is 0 Å². The third kappa shape index (κ3) is 4.96. The summed E-state index contributed by atoms with van der Waals surface area (Å²) >= 11 is 5.89. The summed E-state index contributed by atoms with van der Waals surface area (Å²) in [5, 5.41) is 4.40. The molecule has 0 bridgehead atoms. The lowest BCUT2D eigenvalue weighted by Crippen LogP contribution is -2.39. The molecule has 0 amide bonds. The molecule has 7 nitrogen and oxygen atoms in total. The van der Waals surface area contributed by atoms with E-state index in [0.29, 0.717) is 0 Å². The van der Waals surface area contributed by atoms with Gasteiger partial charge in [0.1, 0.15) is 5.82 Å². The highest BCUT2D eigenvalue weighted by Crippen LogP contribution is 2.41. The van der Waals surface area contributed by atoms with Crippen LogP contribution in [-0.4, -0.2) is 68.8 Å². The van der Waals surface area contributed by atoms with Gasteiger partial charge in [-0.1, -0.05) is 6.07 Å². The van der Waals surface area contributed by atoms with E-state index in [9.17, 15) is 0 Å². The second-order valence-electron chi connectivity index (χ2n) is 9.48. The van der Waals surface area contributed by atoms with Crippen LogP contribution in [0, 0.1) is 20.8 Å². The molecule has 0 aliphatic carbocycles. The predicted octanol–water partition coefficient (Wildman–Crippen LogP) is 3.89. The zero-order chi connectivity index (χ0) is 24.4. The van der Waals surface area contributed by atoms with Gasteiger partial charge in [-0.2, -0.15) is 0 Å². The zero-order valence-corrected chi connectivity index (χ0v) is 21.6. The fraction of sp³-hybridized carbons (Fsp3) is 0.444. The number of morpholine rings is 1. The van der Waals surface area contributed by atoms with Crippen molar-refractivity contribution in [1.82, 2.24) is 29.7 Å². The SMILES string of the molecule is Cc1ccnc(-n2c(C)cc([C@H]3[C@H](c4ccccn4)NC(=S)N3CCCN3CCOCC3)c2C)c1. The standard InChI is InChI=1S/C27H34N6OS/c1-19-8-10-29-24(17-19)33-20(2)18-22(21(33)3)26-25(23-7-4-5-9-28-23)30-27(35)32(26)12-6-11-31-13-15-34-16-14-31/h4-5,7-10,17-18,25-26H,6,11-16H2,1-3H3,(H,30,35)/t25-,26-/m0/s1. The van der Waals surface area contributed by atoms with Gasteiger partial charge in [0, 0.05) is 50.0 Å². The number of pyridine rings is 2. The lowest BCUT2D eigenvalue weighted by Gasteiger charge is -2.30. The van der Waals surface area contributed by atoms with Crippen LogP contribution in [0.2, 0.25) is 0 Å². The summed E-state index contributed by atoms with van der Waals surface area (Å²) in [5.74, 6) is 0.952. The molecule has 8 heteroatoms. The Morgan fingerprint density at radius 1 is 1.03 bits per heavy atom. The van der Waals surface area contributed by atoms with Crippen LogP contribution < -0.4 is 5.32 Å². The normalized spacial score (nSPS) is 20.9. The molecule has 5 heterocycles. The van der Waals surface area contributed by atoms with Gasteiger partial charge >= 0.3 is 0 Å². The number of nitrogens with zero attached hydrogens (tertiary/aromatic N) is 5. The Kier molecular flexibility index (Phi) is 7.13. The summed E-state index contributed by atoms with van der Waals surface area (Å²) in [6, 6.07) is 12.6. The lowest BCUT2D eigenvalue weighted by molar-refractivity contribution is 0.0365. The Balaban J connectivity index is 1.47. The number of hydrogen-bond donors (Lipinski definition) is 1. The molecule has 3 aromatic rings. The molecule has 2 fully saturated rings. The maximum atomic E-state index is 5.89. The number of thiocarbonyl (C=S) groups is 1. The van der Waals surface area contributed by atoms with Crippen molar-refractivity contribution in [3.8, 4) is 5.82 Å². The van der Waals surface area contributed by atoms with Crippen LogP contribution in [0.1, 0.15) is 46.7 Å². The van der Waals surface area contributed by atoms with E-state index in [1.807, 2.05) is 30.6 Å². The highest BCUT2D eigenvalue weighted by Gasteiger charge is 2.41. The fourth-order valence-electron chi connectivity index (χ4n) is 5.36. The van der Waals surface area contributed by atoms with E-state index in [1.165, 1.54) is 22.5 Å². The highest BCUT2D eigenvalue weighted by atomic mass is 32.1. The third-order valence-electron chi connectivity index (χ3n) is 7.09. The van der Waals surface area contributed by atoms with Gasteiger partial charge in [-0.05, 0) is 80.9 Å². The van der Waals surface area contributed by atoms with Crippen LogP contribution in [0.15, 0.2) is 48.8 Å². The Morgan fingerprint density at radius 3 is 2.60 bits per heavy atom. The van der Waals surface area contributed by atoms with Crippen molar-refractivity contribution in [2.75, 3.05) is 39.4 Å². The summed E-state index contributed by atoms with van der Waals surface area (Å²) in [6.45, 7) is 12.1. The molecule has 3 aromatic heterocycles. The first-order valence-corrected chi connectivity index (χ1v) is 12.8. The van der Waals surface area contributed by atoms with Gasteiger partial charge in [0.25, 0.3) is 0 Å². The molecule has 0 spiro atoms. The number of ether oxygens (including phenoxy) is 1. The Morgan fingerprint density at radius 2 is 1.86 bits per heavy atom. The van der Waals surface area contributed by atoms with Gasteiger partial charge in [-0.15, -0.1) is 0 Å². The van der Waals surface area contributed by atoms with Crippen LogP contribution in [0.5, 0.6) is 0 Å². The molecule has 5 rings (SSSR count). The second-order valence-corrected chi connectivity index (χ2v) is 9.87. The van der Waals surface area contributed by atoms with Crippen molar-refractivity contribution < 1.29 is 4.74 Å². The molecule has 0 radical (unpaired) electrons. The topological polar surface area (TPSA) is 58.5 Å². The quantitative estimate of drug-likeness (QED) is 0.504. The first-order chi connectivity index (χ1) is 17.0. The number of nitrogens with one attached hydrogen (secondary N) is 1. The largest absolute Gasteiger partial charge is 0.379 e. The molecular weight excluding hydrogens is 456 g/mol. The van der Waals surface area contributed by atoms with Crippen molar-refractivity contribution in [2.24, 2.45) is 0 Å². The minimum Gasteiger partial charge on any atom is -0.379 e. The smallest absolute Gasteiger partial charge is 0.170 e. The number of aryl methyl sites for hydroxylation is 2. The number of rotatable bonds is 7. The zero-order valence-electron chi connectivity index (χ0n) is 20.8. The predicted molar refractivity (Wildman–Crippen MR) is 142 cm³/mol. The van der Waals surface area contributed by atoms with Crippen LogP contribution in [0.25, 0.3) is 5.82 Å². The van der Waals surface area contributed by atoms with Gasteiger partial charge in [0.05, 0.1) is 31.0 Å². The maximum Gasteiger partial charge on any atom is 0.170 e. The van der Waals surface area contributed by atoms with E-state index in [2.05, 4.69) is 63.6 Å². The molecule has 184 valence electrons. The minimum atomic E-state index is -0.00787. The first-order valence-electron chi connectivity index (χ1n) is 12.4. The van der Waals surface area contributed by atoms with Crippen LogP contribution in [0.4, 0.5) is 0 Å². The molecule has 0 unspecified atom stereocenters. The molecule has 2 saturated heterocycles. The summed E-state index contributed by atoms with van der Waals surface area (Å²) in [7, 11) is 0. The van der Waals surface area contributed by atoms with E-state index in [0.717, 1.165) is 62.4 Å². The van der Waals surface area contributed by atoms with E-state index < -0.39 is 0 Å². The van der Waals surface area contributed by atoms with Crippen LogP contribution in [0.3, 0.4) is 0 Å². The highest BCUT2D eigenvalue weighted by molar-refractivity contribution is 7.80. The van der Waals surface area contributed by atoms with Gasteiger partial charge in [-0.3, -0.25) is 9.88 Å². The van der Waals surface area contributed by atoms with Gasteiger partial charge in [-0.25, -0.2) is 4.98 Å². The Bertz CT molecular complexity index is 1170. The molecule has 0 saturated carbocycles. The molecular formula is C27H34N6OS. The summed E-state index contributed by atoms with van der Waals surface area (Å²) in [4.78, 5) is 14.2. The molecule has 0 aromatic carbocycles. The Labute approximate surface area is 213 Å². The van der Waals surface area contributed by atoms with Crippen LogP contribution in [-0.2, 0) is 4.74 Å². The second kappa shape index (κ2) is 10.4. The van der Waals surface area contributed by atoms with Gasteiger partial charge in [0.2, 0.25) is 0 Å². The summed E-state index contributed by atoms with van der Waals surface area (Å²) in [5.41, 5.74) is 5.83. The molecule has 2 atom stereocenters. The van der Waals surface area contributed by atoms with Gasteiger partial charge < -0.3 is 19.5 Å². The van der Waals surface area contributed by atoms with Crippen molar-refractivity contribution in [3.05, 3.63) is 77.0 Å². The van der Waals surface area contributed by atoms with Crippen molar-refractivity contribution in [2.45, 2.75) is 39.3 Å². The monoisotopic (exact) mass is 490 g/mol. The molecule has 1 N–H and O–H groups in total. The van der Waals surface area contributed by atoms with Crippen molar-refractivity contribution >= 4 is 17.3 Å².